The average molecular weight is 1110 g/mol. The molecule has 1 amide bonds. The van der Waals surface area contributed by atoms with Crippen molar-refractivity contribution < 1.29 is 49.3 Å². The Bertz CT molecular complexity index is 1560. The van der Waals surface area contributed by atoms with Gasteiger partial charge in [-0.1, -0.05) is 267 Å². The standard InChI is InChI=1S/C68H121NO10/c1-4-7-10-13-16-19-22-24-25-26-27-28-29-30-31-32-33-34-35-36-37-38-41-44-47-50-53-56-63(73)79-66-65(75)64(74)62(57-70)78-68(66)77-58-59(60(71)54-51-48-45-42-39-21-18-15-12-9-6-3)69-67(76)61(72)55-52-49-46-43-40-23-20-17-14-11-8-5-2/h16,19,24-25,27-28,40,43,49,51-52,54,59-62,64-66,68,70-72,74-75H,4-15,17-18,20-23,26,29-39,41-42,44-48,50,53,55-58H2,1-3H3,(H,69,76)/b19-16-,25-24-,28-27-,43-40-,52-49+,54-51+. The molecule has 1 rings (SSSR count). The minimum Gasteiger partial charge on any atom is -0.454 e. The van der Waals surface area contributed by atoms with Crippen LogP contribution in [0.4, 0.5) is 0 Å². The fourth-order valence-corrected chi connectivity index (χ4v) is 9.88. The van der Waals surface area contributed by atoms with Gasteiger partial charge < -0.3 is 45.1 Å². The van der Waals surface area contributed by atoms with Gasteiger partial charge in [0.05, 0.1) is 25.4 Å². The van der Waals surface area contributed by atoms with Crippen LogP contribution in [-0.2, 0) is 23.8 Å². The molecule has 1 aliphatic rings. The van der Waals surface area contributed by atoms with Crippen molar-refractivity contribution in [1.82, 2.24) is 5.32 Å². The molecule has 0 bridgehead atoms. The Balaban J connectivity index is 2.55. The van der Waals surface area contributed by atoms with E-state index in [9.17, 15) is 35.1 Å². The fourth-order valence-electron chi connectivity index (χ4n) is 9.88. The number of ether oxygens (including phenoxy) is 3. The first-order chi connectivity index (χ1) is 38.7. The number of aliphatic hydroxyl groups excluding tert-OH is 5. The largest absolute Gasteiger partial charge is 0.454 e. The molecule has 0 radical (unpaired) electrons. The van der Waals surface area contributed by atoms with Gasteiger partial charge in [0.15, 0.2) is 12.4 Å². The van der Waals surface area contributed by atoms with Crippen molar-refractivity contribution in [1.29, 1.82) is 0 Å². The van der Waals surface area contributed by atoms with Gasteiger partial charge in [-0.2, -0.15) is 0 Å². The Kier molecular flexibility index (Phi) is 52.2. The van der Waals surface area contributed by atoms with Crippen LogP contribution in [0.15, 0.2) is 72.9 Å². The Hall–Kier alpha value is -2.90. The molecule has 1 saturated heterocycles. The lowest BCUT2D eigenvalue weighted by Gasteiger charge is -2.41. The lowest BCUT2D eigenvalue weighted by Crippen LogP contribution is -2.61. The van der Waals surface area contributed by atoms with Crippen molar-refractivity contribution in [3.8, 4) is 0 Å². The summed E-state index contributed by atoms with van der Waals surface area (Å²) in [6.07, 6.45) is 61.2. The topological polar surface area (TPSA) is 175 Å². The lowest BCUT2D eigenvalue weighted by atomic mass is 9.99. The van der Waals surface area contributed by atoms with Gasteiger partial charge in [0.2, 0.25) is 5.91 Å². The van der Waals surface area contributed by atoms with Crippen LogP contribution in [0.5, 0.6) is 0 Å². The first-order valence-electron chi connectivity index (χ1n) is 32.7. The molecule has 11 heteroatoms. The number of carbonyl (C=O) groups is 2. The number of allylic oxidation sites excluding steroid dienone is 10. The molecule has 0 aromatic carbocycles. The van der Waals surface area contributed by atoms with Crippen molar-refractivity contribution in [3.63, 3.8) is 0 Å². The summed E-state index contributed by atoms with van der Waals surface area (Å²) >= 11 is 0. The summed E-state index contributed by atoms with van der Waals surface area (Å²) < 4.78 is 17.6. The van der Waals surface area contributed by atoms with Crippen LogP contribution in [0.3, 0.4) is 0 Å². The van der Waals surface area contributed by atoms with Gasteiger partial charge in [-0.15, -0.1) is 0 Å². The van der Waals surface area contributed by atoms with E-state index in [2.05, 4.69) is 74.7 Å². The number of amides is 1. The Labute approximate surface area is 483 Å². The SMILES string of the molecule is CCCCC/C=C\C/C=C\C/C=C\CCCCCCCCCCCCCCCCC(=O)OC1C(OCC(NC(=O)C(O)C/C=C/C/C=C\CCCCCCCC)C(O)/C=C/CCCCCCCCCCC)OC(CO)C(O)C1O. The second-order valence-corrected chi connectivity index (χ2v) is 22.5. The van der Waals surface area contributed by atoms with Crippen LogP contribution in [0.2, 0.25) is 0 Å². The highest BCUT2D eigenvalue weighted by molar-refractivity contribution is 5.81. The molecule has 0 spiro atoms. The molecule has 1 heterocycles. The number of carbonyl (C=O) groups excluding carboxylic acids is 2. The fraction of sp³-hybridized carbons (Fsp3) is 0.794. The molecular formula is C68H121NO10. The van der Waals surface area contributed by atoms with E-state index in [0.717, 1.165) is 64.2 Å². The number of nitrogens with one attached hydrogen (secondary N) is 1. The first kappa shape index (κ1) is 74.1. The zero-order valence-corrected chi connectivity index (χ0v) is 50.7. The summed E-state index contributed by atoms with van der Waals surface area (Å²) in [6, 6.07) is -1.05. The van der Waals surface area contributed by atoms with Gasteiger partial charge in [0, 0.05) is 12.8 Å². The molecule has 1 aliphatic heterocycles. The van der Waals surface area contributed by atoms with Crippen molar-refractivity contribution in [2.75, 3.05) is 13.2 Å². The highest BCUT2D eigenvalue weighted by Gasteiger charge is 2.47. The Morgan fingerprint density at radius 3 is 1.33 bits per heavy atom. The predicted molar refractivity (Wildman–Crippen MR) is 329 cm³/mol. The third-order valence-corrected chi connectivity index (χ3v) is 15.1. The summed E-state index contributed by atoms with van der Waals surface area (Å²) in [4.78, 5) is 26.5. The lowest BCUT2D eigenvalue weighted by molar-refractivity contribution is -0.305. The summed E-state index contributed by atoms with van der Waals surface area (Å²) in [6.45, 7) is 5.71. The molecule has 79 heavy (non-hydrogen) atoms. The monoisotopic (exact) mass is 1110 g/mol. The van der Waals surface area contributed by atoms with E-state index in [-0.39, 0.29) is 19.4 Å². The van der Waals surface area contributed by atoms with Gasteiger partial charge in [-0.25, -0.2) is 0 Å². The maximum Gasteiger partial charge on any atom is 0.306 e. The molecule has 1 fully saturated rings. The molecule has 0 aliphatic carbocycles. The number of hydrogen-bond donors (Lipinski definition) is 6. The maximum absolute atomic E-state index is 13.3. The minimum absolute atomic E-state index is 0.0812. The van der Waals surface area contributed by atoms with E-state index in [0.29, 0.717) is 12.8 Å². The Morgan fingerprint density at radius 1 is 0.494 bits per heavy atom. The summed E-state index contributed by atoms with van der Waals surface area (Å²) in [7, 11) is 0. The van der Waals surface area contributed by atoms with Crippen LogP contribution >= 0.6 is 0 Å². The van der Waals surface area contributed by atoms with Crippen molar-refractivity contribution in [2.45, 2.75) is 333 Å². The Morgan fingerprint density at radius 2 is 0.873 bits per heavy atom. The van der Waals surface area contributed by atoms with E-state index in [1.165, 1.54) is 173 Å². The quantitative estimate of drug-likeness (QED) is 0.0195. The van der Waals surface area contributed by atoms with Gasteiger partial charge >= 0.3 is 5.97 Å². The normalized spacial score (nSPS) is 19.3. The third-order valence-electron chi connectivity index (χ3n) is 15.1. The number of esters is 1. The second-order valence-electron chi connectivity index (χ2n) is 22.5. The van der Waals surface area contributed by atoms with E-state index in [1.807, 2.05) is 12.2 Å². The van der Waals surface area contributed by atoms with E-state index >= 15 is 0 Å². The van der Waals surface area contributed by atoms with E-state index < -0.39 is 67.4 Å². The summed E-state index contributed by atoms with van der Waals surface area (Å²) in [5, 5.41) is 56.8. The van der Waals surface area contributed by atoms with Crippen LogP contribution < -0.4 is 5.32 Å². The van der Waals surface area contributed by atoms with Crippen LogP contribution in [0.1, 0.15) is 284 Å². The van der Waals surface area contributed by atoms with Gasteiger partial charge in [-0.3, -0.25) is 9.59 Å². The third kappa shape index (κ3) is 43.5. The predicted octanol–water partition coefficient (Wildman–Crippen LogP) is 16.0. The van der Waals surface area contributed by atoms with E-state index in [1.54, 1.807) is 12.2 Å². The summed E-state index contributed by atoms with van der Waals surface area (Å²) in [5.41, 5.74) is 0. The molecule has 8 unspecified atom stereocenters. The molecular weight excluding hydrogens is 991 g/mol. The van der Waals surface area contributed by atoms with Gasteiger partial charge in [-0.05, 0) is 77.0 Å². The zero-order chi connectivity index (χ0) is 57.5. The average Bonchev–Trinajstić information content (AvgIpc) is 3.47. The van der Waals surface area contributed by atoms with Gasteiger partial charge in [0.25, 0.3) is 0 Å². The molecule has 11 nitrogen and oxygen atoms in total. The molecule has 6 N–H and O–H groups in total. The maximum atomic E-state index is 13.3. The van der Waals surface area contributed by atoms with Crippen LogP contribution in [0.25, 0.3) is 0 Å². The number of rotatable bonds is 55. The molecule has 458 valence electrons. The number of aliphatic hydroxyl groups is 5. The molecule has 0 aromatic heterocycles. The second kappa shape index (κ2) is 55.6. The molecule has 8 atom stereocenters. The zero-order valence-electron chi connectivity index (χ0n) is 50.7. The first-order valence-corrected chi connectivity index (χ1v) is 32.7. The van der Waals surface area contributed by atoms with E-state index in [4.69, 9.17) is 14.2 Å². The van der Waals surface area contributed by atoms with Gasteiger partial charge in [0.1, 0.15) is 24.4 Å². The number of unbranched alkanes of at least 4 members (excludes halogenated alkanes) is 32. The number of hydrogen-bond acceptors (Lipinski definition) is 10. The molecule has 0 aromatic rings. The van der Waals surface area contributed by atoms with Crippen LogP contribution in [-0.4, -0.2) is 99.6 Å². The van der Waals surface area contributed by atoms with Crippen molar-refractivity contribution >= 4 is 11.9 Å². The smallest absolute Gasteiger partial charge is 0.306 e. The van der Waals surface area contributed by atoms with Crippen LogP contribution in [0, 0.1) is 0 Å². The van der Waals surface area contributed by atoms with Crippen molar-refractivity contribution in [3.05, 3.63) is 72.9 Å². The highest BCUT2D eigenvalue weighted by atomic mass is 16.7. The van der Waals surface area contributed by atoms with Crippen molar-refractivity contribution in [2.24, 2.45) is 0 Å². The summed E-state index contributed by atoms with van der Waals surface area (Å²) in [5.74, 6) is -1.27. The minimum atomic E-state index is -1.62. The highest BCUT2D eigenvalue weighted by Crippen LogP contribution is 2.26. The molecule has 0 saturated carbocycles.